The molecule has 0 aliphatic heterocycles. The number of halogens is 1. The normalized spacial score (nSPS) is 10.5. The number of hydrogen-bond donors (Lipinski definition) is 1. The number of anilines is 1. The van der Waals surface area contributed by atoms with Crippen LogP contribution < -0.4 is 5.48 Å². The lowest BCUT2D eigenvalue weighted by Crippen LogP contribution is -2.09. The van der Waals surface area contributed by atoms with E-state index in [1.54, 1.807) is 12.4 Å². The third-order valence-electron chi connectivity index (χ3n) is 1.20. The fourth-order valence-electron chi connectivity index (χ4n) is 0.638. The molecule has 0 radical (unpaired) electrons. The molecule has 1 aromatic rings. The molecule has 1 N–H and O–H groups in total. The Bertz CT molecular complexity index is 250. The van der Waals surface area contributed by atoms with E-state index in [1.165, 1.54) is 0 Å². The van der Waals surface area contributed by atoms with Crippen LogP contribution in [-0.4, -0.2) is 16.6 Å². The summed E-state index contributed by atoms with van der Waals surface area (Å²) in [5.74, 6) is 0.998. The summed E-state index contributed by atoms with van der Waals surface area (Å²) in [4.78, 5) is 13.2. The number of rotatable bonds is 4. The van der Waals surface area contributed by atoms with E-state index in [1.807, 2.05) is 0 Å². The van der Waals surface area contributed by atoms with Crippen molar-refractivity contribution in [1.82, 2.24) is 9.97 Å². The molecular formula is C8H12IN3O. The Kier molecular flexibility index (Phi) is 4.37. The monoisotopic (exact) mass is 293 g/mol. The summed E-state index contributed by atoms with van der Waals surface area (Å²) in [7, 11) is 0. The van der Waals surface area contributed by atoms with Gasteiger partial charge in [0.2, 0.25) is 5.95 Å². The quantitative estimate of drug-likeness (QED) is 0.682. The average molecular weight is 293 g/mol. The van der Waals surface area contributed by atoms with Gasteiger partial charge in [-0.2, -0.15) is 0 Å². The van der Waals surface area contributed by atoms with E-state index in [4.69, 9.17) is 4.84 Å². The van der Waals surface area contributed by atoms with Gasteiger partial charge in [0, 0.05) is 16.0 Å². The number of hydrogen-bond acceptors (Lipinski definition) is 4. The van der Waals surface area contributed by atoms with Gasteiger partial charge in [-0.3, -0.25) is 4.84 Å². The van der Waals surface area contributed by atoms with Crippen LogP contribution in [0.15, 0.2) is 12.4 Å². The summed E-state index contributed by atoms with van der Waals surface area (Å²) in [6.07, 6.45) is 3.46. The molecule has 0 fully saturated rings. The first-order chi connectivity index (χ1) is 6.18. The van der Waals surface area contributed by atoms with Gasteiger partial charge in [-0.05, 0) is 28.5 Å². The Labute approximate surface area is 91.2 Å². The van der Waals surface area contributed by atoms with E-state index in [0.29, 0.717) is 18.5 Å². The van der Waals surface area contributed by atoms with Gasteiger partial charge in [0.1, 0.15) is 0 Å². The van der Waals surface area contributed by atoms with Crippen LogP contribution in [0.25, 0.3) is 0 Å². The van der Waals surface area contributed by atoms with Crippen molar-refractivity contribution in [2.24, 2.45) is 5.92 Å². The topological polar surface area (TPSA) is 47.0 Å². The van der Waals surface area contributed by atoms with E-state index in [9.17, 15) is 0 Å². The van der Waals surface area contributed by atoms with Crippen molar-refractivity contribution in [3.8, 4) is 0 Å². The SMILES string of the molecule is CC(C)CONc1ncc(I)cn1. The molecule has 1 aromatic heterocycles. The van der Waals surface area contributed by atoms with Gasteiger partial charge in [0.05, 0.1) is 6.61 Å². The van der Waals surface area contributed by atoms with Crippen molar-refractivity contribution in [3.63, 3.8) is 0 Å². The van der Waals surface area contributed by atoms with E-state index >= 15 is 0 Å². The van der Waals surface area contributed by atoms with Crippen LogP contribution in [0.4, 0.5) is 5.95 Å². The van der Waals surface area contributed by atoms with Crippen LogP contribution in [0.5, 0.6) is 0 Å². The molecule has 4 nitrogen and oxygen atoms in total. The van der Waals surface area contributed by atoms with Crippen LogP contribution in [0, 0.1) is 9.49 Å². The average Bonchev–Trinajstić information content (AvgIpc) is 2.08. The molecule has 0 aromatic carbocycles. The van der Waals surface area contributed by atoms with Gasteiger partial charge in [-0.25, -0.2) is 15.4 Å². The minimum Gasteiger partial charge on any atom is -0.273 e. The van der Waals surface area contributed by atoms with Crippen LogP contribution >= 0.6 is 22.6 Å². The summed E-state index contributed by atoms with van der Waals surface area (Å²) in [6.45, 7) is 4.81. The first-order valence-corrected chi connectivity index (χ1v) is 5.11. The van der Waals surface area contributed by atoms with Gasteiger partial charge in [0.15, 0.2) is 0 Å². The molecule has 5 heteroatoms. The molecular weight excluding hydrogens is 281 g/mol. The van der Waals surface area contributed by atoms with E-state index in [-0.39, 0.29) is 0 Å². The second kappa shape index (κ2) is 5.33. The van der Waals surface area contributed by atoms with Crippen LogP contribution in [-0.2, 0) is 4.84 Å². The predicted octanol–water partition coefficient (Wildman–Crippen LogP) is 2.08. The van der Waals surface area contributed by atoms with Crippen LogP contribution in [0.3, 0.4) is 0 Å². The third-order valence-corrected chi connectivity index (χ3v) is 1.76. The molecule has 0 bridgehead atoms. The second-order valence-corrected chi connectivity index (χ2v) is 4.28. The van der Waals surface area contributed by atoms with Gasteiger partial charge in [-0.1, -0.05) is 13.8 Å². The molecule has 0 saturated heterocycles. The lowest BCUT2D eigenvalue weighted by molar-refractivity contribution is 0.160. The summed E-state index contributed by atoms with van der Waals surface area (Å²) in [5.41, 5.74) is 2.68. The van der Waals surface area contributed by atoms with Crippen molar-refractivity contribution in [3.05, 3.63) is 16.0 Å². The molecule has 0 aliphatic rings. The smallest absolute Gasteiger partial charge is 0.247 e. The molecule has 0 unspecified atom stereocenters. The molecule has 0 atom stereocenters. The zero-order chi connectivity index (χ0) is 9.68. The molecule has 0 amide bonds. The van der Waals surface area contributed by atoms with Gasteiger partial charge < -0.3 is 0 Å². The van der Waals surface area contributed by atoms with E-state index < -0.39 is 0 Å². The van der Waals surface area contributed by atoms with Crippen LogP contribution in [0.2, 0.25) is 0 Å². The third kappa shape index (κ3) is 4.37. The van der Waals surface area contributed by atoms with Gasteiger partial charge >= 0.3 is 0 Å². The molecule has 0 spiro atoms. The maximum atomic E-state index is 5.14. The Morgan fingerprint density at radius 3 is 2.62 bits per heavy atom. The maximum Gasteiger partial charge on any atom is 0.247 e. The van der Waals surface area contributed by atoms with E-state index in [0.717, 1.165) is 3.57 Å². The van der Waals surface area contributed by atoms with Crippen molar-refractivity contribution in [2.45, 2.75) is 13.8 Å². The maximum absolute atomic E-state index is 5.14. The minimum absolute atomic E-state index is 0.497. The Hall–Kier alpha value is -0.430. The van der Waals surface area contributed by atoms with Crippen molar-refractivity contribution in [2.75, 3.05) is 12.1 Å². The lowest BCUT2D eigenvalue weighted by Gasteiger charge is -2.06. The molecule has 1 rings (SSSR count). The summed E-state index contributed by atoms with van der Waals surface area (Å²) >= 11 is 2.15. The second-order valence-electron chi connectivity index (χ2n) is 3.03. The fraction of sp³-hybridized carbons (Fsp3) is 0.500. The van der Waals surface area contributed by atoms with Crippen LogP contribution in [0.1, 0.15) is 13.8 Å². The first kappa shape index (κ1) is 10.6. The molecule has 0 aliphatic carbocycles. The van der Waals surface area contributed by atoms with Gasteiger partial charge in [-0.15, -0.1) is 0 Å². The molecule has 13 heavy (non-hydrogen) atoms. The standard InChI is InChI=1S/C8H12IN3O/c1-6(2)5-13-12-8-10-3-7(9)4-11-8/h3-4,6H,5H2,1-2H3,(H,10,11,12). The van der Waals surface area contributed by atoms with Crippen molar-refractivity contribution in [1.29, 1.82) is 0 Å². The largest absolute Gasteiger partial charge is 0.273 e. The number of aromatic nitrogens is 2. The highest BCUT2D eigenvalue weighted by molar-refractivity contribution is 14.1. The molecule has 1 heterocycles. The molecule has 72 valence electrons. The Morgan fingerprint density at radius 1 is 1.46 bits per heavy atom. The Morgan fingerprint density at radius 2 is 2.08 bits per heavy atom. The highest BCUT2D eigenvalue weighted by Crippen LogP contribution is 2.03. The number of nitrogens with zero attached hydrogens (tertiary/aromatic N) is 2. The fourth-order valence-corrected chi connectivity index (χ4v) is 0.916. The highest BCUT2D eigenvalue weighted by Gasteiger charge is 1.96. The lowest BCUT2D eigenvalue weighted by atomic mass is 10.2. The molecule has 0 saturated carbocycles. The predicted molar refractivity (Wildman–Crippen MR) is 59.2 cm³/mol. The highest BCUT2D eigenvalue weighted by atomic mass is 127. The van der Waals surface area contributed by atoms with Crippen molar-refractivity contribution < 1.29 is 4.84 Å². The zero-order valence-electron chi connectivity index (χ0n) is 7.62. The minimum atomic E-state index is 0.497. The van der Waals surface area contributed by atoms with Gasteiger partial charge in [0.25, 0.3) is 0 Å². The Balaban J connectivity index is 2.33. The van der Waals surface area contributed by atoms with E-state index in [2.05, 4.69) is 51.9 Å². The number of nitrogens with one attached hydrogen (secondary N) is 1. The first-order valence-electron chi connectivity index (χ1n) is 4.04. The summed E-state index contributed by atoms with van der Waals surface area (Å²) in [6, 6.07) is 0. The summed E-state index contributed by atoms with van der Waals surface area (Å²) in [5, 5.41) is 0. The summed E-state index contributed by atoms with van der Waals surface area (Å²) < 4.78 is 1.01. The zero-order valence-corrected chi connectivity index (χ0v) is 9.78. The van der Waals surface area contributed by atoms with Crippen molar-refractivity contribution >= 4 is 28.5 Å².